The lowest BCUT2D eigenvalue weighted by Gasteiger charge is -2.05. The first-order valence-corrected chi connectivity index (χ1v) is 7.08. The third-order valence-corrected chi connectivity index (χ3v) is 3.54. The largest absolute Gasteiger partial charge is 0.347 e. The van der Waals surface area contributed by atoms with E-state index in [1.165, 1.54) is 12.1 Å². The maximum atomic E-state index is 12.3. The highest BCUT2D eigenvalue weighted by atomic mass is 35.5. The summed E-state index contributed by atoms with van der Waals surface area (Å²) in [6.45, 7) is 0.150. The topological polar surface area (TPSA) is 89.5 Å². The second-order valence-electron chi connectivity index (χ2n) is 4.79. The normalized spacial score (nSPS) is 10.7. The molecule has 0 unspecified atom stereocenters. The van der Waals surface area contributed by atoms with Crippen molar-refractivity contribution < 1.29 is 9.72 Å². The number of nitro benzene ring substituents is 1. The van der Waals surface area contributed by atoms with Crippen molar-refractivity contribution in [2.24, 2.45) is 0 Å². The van der Waals surface area contributed by atoms with Crippen molar-refractivity contribution in [1.82, 2.24) is 14.7 Å². The predicted molar refractivity (Wildman–Crippen MR) is 84.5 cm³/mol. The number of rotatable bonds is 4. The zero-order valence-corrected chi connectivity index (χ0v) is 12.5. The van der Waals surface area contributed by atoms with E-state index in [9.17, 15) is 14.9 Å². The van der Waals surface area contributed by atoms with Gasteiger partial charge in [-0.2, -0.15) is 0 Å². The monoisotopic (exact) mass is 330 g/mol. The van der Waals surface area contributed by atoms with Crippen LogP contribution in [0.3, 0.4) is 0 Å². The molecule has 0 aliphatic rings. The van der Waals surface area contributed by atoms with Crippen molar-refractivity contribution in [3.8, 4) is 0 Å². The smallest absolute Gasteiger partial charge is 0.271 e. The summed E-state index contributed by atoms with van der Waals surface area (Å²) < 4.78 is 1.59. The third-order valence-electron chi connectivity index (χ3n) is 3.28. The number of carbonyl (C=O) groups is 1. The molecule has 0 saturated heterocycles. The van der Waals surface area contributed by atoms with Crippen molar-refractivity contribution in [3.05, 3.63) is 75.2 Å². The molecule has 23 heavy (non-hydrogen) atoms. The van der Waals surface area contributed by atoms with Gasteiger partial charge in [-0.25, -0.2) is 4.98 Å². The number of amides is 1. The van der Waals surface area contributed by atoms with Crippen LogP contribution in [0.5, 0.6) is 0 Å². The number of non-ortho nitro benzene ring substituents is 1. The summed E-state index contributed by atoms with van der Waals surface area (Å²) in [5, 5.41) is 13.6. The lowest BCUT2D eigenvalue weighted by molar-refractivity contribution is -0.384. The number of hydrogen-bond acceptors (Lipinski definition) is 4. The van der Waals surface area contributed by atoms with Crippen LogP contribution in [-0.4, -0.2) is 20.2 Å². The van der Waals surface area contributed by atoms with Crippen LogP contribution in [0.2, 0.25) is 5.15 Å². The molecule has 3 aromatic rings. The van der Waals surface area contributed by atoms with Gasteiger partial charge >= 0.3 is 0 Å². The predicted octanol–water partition coefficient (Wildman–Crippen LogP) is 2.83. The quantitative estimate of drug-likeness (QED) is 0.588. The Morgan fingerprint density at radius 3 is 2.91 bits per heavy atom. The van der Waals surface area contributed by atoms with E-state index in [0.29, 0.717) is 11.2 Å². The van der Waals surface area contributed by atoms with E-state index in [1.54, 1.807) is 40.9 Å². The Balaban J connectivity index is 1.80. The Labute approximate surface area is 135 Å². The Morgan fingerprint density at radius 2 is 2.13 bits per heavy atom. The van der Waals surface area contributed by atoms with E-state index >= 15 is 0 Å². The van der Waals surface area contributed by atoms with Gasteiger partial charge in [-0.05, 0) is 17.7 Å². The Hall–Kier alpha value is -2.93. The van der Waals surface area contributed by atoms with Crippen LogP contribution in [0, 0.1) is 10.1 Å². The number of nitro groups is 1. The Bertz CT molecular complexity index is 907. The number of imidazole rings is 1. The molecular weight excluding hydrogens is 320 g/mol. The van der Waals surface area contributed by atoms with E-state index in [2.05, 4.69) is 10.3 Å². The number of benzene rings is 1. The minimum Gasteiger partial charge on any atom is -0.347 e. The van der Waals surface area contributed by atoms with Crippen molar-refractivity contribution in [2.75, 3.05) is 0 Å². The summed E-state index contributed by atoms with van der Waals surface area (Å²) in [4.78, 5) is 26.7. The second-order valence-corrected chi connectivity index (χ2v) is 5.15. The number of pyridine rings is 1. The number of halogens is 1. The van der Waals surface area contributed by atoms with Crippen LogP contribution in [0.15, 0.2) is 48.7 Å². The van der Waals surface area contributed by atoms with Crippen molar-refractivity contribution in [1.29, 1.82) is 0 Å². The molecule has 1 amide bonds. The molecule has 0 aliphatic heterocycles. The van der Waals surface area contributed by atoms with Gasteiger partial charge in [0.15, 0.2) is 10.8 Å². The van der Waals surface area contributed by atoms with Gasteiger partial charge in [0.05, 0.1) is 4.92 Å². The minimum atomic E-state index is -0.479. The van der Waals surface area contributed by atoms with Crippen molar-refractivity contribution in [3.63, 3.8) is 0 Å². The fourth-order valence-corrected chi connectivity index (χ4v) is 2.48. The summed E-state index contributed by atoms with van der Waals surface area (Å²) in [5.74, 6) is -0.403. The average Bonchev–Trinajstić information content (AvgIpc) is 2.88. The van der Waals surface area contributed by atoms with E-state index < -0.39 is 10.8 Å². The zero-order valence-electron chi connectivity index (χ0n) is 11.8. The molecule has 1 aromatic carbocycles. The molecule has 7 nitrogen and oxygen atoms in total. The number of nitrogens with one attached hydrogen (secondary N) is 1. The molecule has 0 fully saturated rings. The van der Waals surface area contributed by atoms with Crippen LogP contribution in [0.25, 0.3) is 5.65 Å². The Morgan fingerprint density at radius 1 is 1.30 bits per heavy atom. The molecular formula is C15H11ClN4O3. The molecule has 3 rings (SSSR count). The minimum absolute atomic E-state index is 0.0235. The van der Waals surface area contributed by atoms with Gasteiger partial charge in [0.25, 0.3) is 11.6 Å². The summed E-state index contributed by atoms with van der Waals surface area (Å²) in [6, 6.07) is 11.4. The number of aromatic nitrogens is 2. The maximum Gasteiger partial charge on any atom is 0.271 e. The highest BCUT2D eigenvalue weighted by molar-refractivity contribution is 6.32. The SMILES string of the molecule is O=C(NCc1cccc([N+](=O)[O-])c1)c1c(Cl)nc2ccccn12. The van der Waals surface area contributed by atoms with Gasteiger partial charge < -0.3 is 5.32 Å². The first-order chi connectivity index (χ1) is 11.1. The molecule has 0 radical (unpaired) electrons. The fraction of sp³-hybridized carbons (Fsp3) is 0.0667. The van der Waals surface area contributed by atoms with Gasteiger partial charge in [-0.1, -0.05) is 29.8 Å². The van der Waals surface area contributed by atoms with Crippen molar-refractivity contribution in [2.45, 2.75) is 6.54 Å². The lowest BCUT2D eigenvalue weighted by atomic mass is 10.2. The molecule has 116 valence electrons. The highest BCUT2D eigenvalue weighted by Crippen LogP contribution is 2.18. The van der Waals surface area contributed by atoms with E-state index in [1.807, 2.05) is 0 Å². The first kappa shape index (κ1) is 15.0. The molecule has 0 saturated carbocycles. The zero-order chi connectivity index (χ0) is 16.4. The summed E-state index contributed by atoms with van der Waals surface area (Å²) in [5.41, 5.74) is 1.40. The van der Waals surface area contributed by atoms with Crippen LogP contribution in [0.4, 0.5) is 5.69 Å². The number of fused-ring (bicyclic) bond motifs is 1. The average molecular weight is 331 g/mol. The van der Waals surface area contributed by atoms with Crippen LogP contribution >= 0.6 is 11.6 Å². The summed E-state index contributed by atoms with van der Waals surface area (Å²) in [6.07, 6.45) is 1.69. The molecule has 0 bridgehead atoms. The molecule has 8 heteroatoms. The van der Waals surface area contributed by atoms with Gasteiger partial charge in [-0.3, -0.25) is 19.3 Å². The molecule has 1 N–H and O–H groups in total. The number of nitrogens with zero attached hydrogens (tertiary/aromatic N) is 3. The third kappa shape index (κ3) is 3.00. The van der Waals surface area contributed by atoms with E-state index in [0.717, 1.165) is 0 Å². The number of carbonyl (C=O) groups excluding carboxylic acids is 1. The van der Waals surface area contributed by atoms with E-state index in [-0.39, 0.29) is 23.1 Å². The molecule has 0 atom stereocenters. The number of hydrogen-bond donors (Lipinski definition) is 1. The van der Waals surface area contributed by atoms with Crippen LogP contribution < -0.4 is 5.32 Å². The van der Waals surface area contributed by atoms with Crippen molar-refractivity contribution >= 4 is 28.8 Å². The standard InChI is InChI=1S/C15H11ClN4O3/c16-14-13(19-7-2-1-6-12(19)18-14)15(21)17-9-10-4-3-5-11(8-10)20(22)23/h1-8H,9H2,(H,17,21). The lowest BCUT2D eigenvalue weighted by Crippen LogP contribution is -2.24. The molecule has 0 spiro atoms. The maximum absolute atomic E-state index is 12.3. The highest BCUT2D eigenvalue weighted by Gasteiger charge is 2.17. The van der Waals surface area contributed by atoms with Crippen LogP contribution in [-0.2, 0) is 6.54 Å². The molecule has 2 aromatic heterocycles. The molecule has 2 heterocycles. The van der Waals surface area contributed by atoms with Gasteiger partial charge in [0.1, 0.15) is 5.65 Å². The summed E-state index contributed by atoms with van der Waals surface area (Å²) >= 11 is 6.03. The second kappa shape index (κ2) is 6.05. The van der Waals surface area contributed by atoms with Crippen LogP contribution in [0.1, 0.15) is 16.1 Å². The Kier molecular flexibility index (Phi) is 3.94. The van der Waals surface area contributed by atoms with Gasteiger partial charge in [0.2, 0.25) is 0 Å². The fourth-order valence-electron chi connectivity index (χ4n) is 2.22. The summed E-state index contributed by atoms with van der Waals surface area (Å²) in [7, 11) is 0. The van der Waals surface area contributed by atoms with Gasteiger partial charge in [0, 0.05) is 24.9 Å². The first-order valence-electron chi connectivity index (χ1n) is 6.70. The molecule has 0 aliphatic carbocycles. The van der Waals surface area contributed by atoms with E-state index in [4.69, 9.17) is 11.6 Å². The van der Waals surface area contributed by atoms with Gasteiger partial charge in [-0.15, -0.1) is 0 Å².